The molecular weight excluding hydrogens is 460 g/mol. The van der Waals surface area contributed by atoms with Gasteiger partial charge in [0.2, 0.25) is 11.8 Å². The number of hydrogen-bond donors (Lipinski definition) is 2. The number of anilines is 3. The lowest BCUT2D eigenvalue weighted by atomic mass is 10.1. The second-order valence-corrected chi connectivity index (χ2v) is 8.94. The van der Waals surface area contributed by atoms with Crippen LogP contribution in [0.3, 0.4) is 0 Å². The number of nitrogens with one attached hydrogen (secondary N) is 2. The average molecular weight is 495 g/mol. The van der Waals surface area contributed by atoms with Gasteiger partial charge in [0, 0.05) is 45.0 Å². The summed E-state index contributed by atoms with van der Waals surface area (Å²) >= 11 is 0. The fourth-order valence-electron chi connectivity index (χ4n) is 4.33. The van der Waals surface area contributed by atoms with Gasteiger partial charge in [-0.3, -0.25) is 24.3 Å². The van der Waals surface area contributed by atoms with Crippen molar-refractivity contribution < 1.29 is 19.1 Å². The van der Waals surface area contributed by atoms with Crippen LogP contribution in [0.15, 0.2) is 48.5 Å². The molecule has 192 valence electrons. The Balaban J connectivity index is 1.36. The largest absolute Gasteiger partial charge is 0.494 e. The van der Waals surface area contributed by atoms with E-state index < -0.39 is 6.03 Å². The van der Waals surface area contributed by atoms with Crippen molar-refractivity contribution in [3.05, 3.63) is 48.5 Å². The highest BCUT2D eigenvalue weighted by atomic mass is 16.5. The summed E-state index contributed by atoms with van der Waals surface area (Å²) in [6.45, 7) is 7.54. The van der Waals surface area contributed by atoms with Crippen molar-refractivity contribution in [2.45, 2.75) is 6.92 Å². The molecule has 4 amide bonds. The number of urea groups is 1. The summed E-state index contributed by atoms with van der Waals surface area (Å²) < 4.78 is 5.44. The van der Waals surface area contributed by atoms with Crippen LogP contribution in [-0.2, 0) is 9.59 Å². The van der Waals surface area contributed by atoms with Gasteiger partial charge in [0.1, 0.15) is 18.8 Å². The first-order valence-electron chi connectivity index (χ1n) is 12.3. The number of nitrogens with zero attached hydrogens (tertiary/aromatic N) is 4. The SMILES string of the molecule is CCOc1ccc(NC(=O)N2CC(=O)N(CC(=O)NCCN3CCN(C)CC3)c3ccccc32)cc1. The molecule has 1 fully saturated rings. The Morgan fingerprint density at radius 2 is 1.67 bits per heavy atom. The molecule has 0 atom stereocenters. The van der Waals surface area contributed by atoms with E-state index in [2.05, 4.69) is 27.5 Å². The number of benzene rings is 2. The van der Waals surface area contributed by atoms with Gasteiger partial charge >= 0.3 is 6.03 Å². The van der Waals surface area contributed by atoms with E-state index in [9.17, 15) is 14.4 Å². The van der Waals surface area contributed by atoms with Crippen molar-refractivity contribution in [3.8, 4) is 5.75 Å². The fraction of sp³-hybridized carbons (Fsp3) is 0.423. The van der Waals surface area contributed by atoms with Crippen LogP contribution >= 0.6 is 0 Å². The Hall–Kier alpha value is -3.63. The summed E-state index contributed by atoms with van der Waals surface area (Å²) in [5.74, 6) is 0.177. The molecule has 0 aliphatic carbocycles. The zero-order valence-corrected chi connectivity index (χ0v) is 20.9. The maximum atomic E-state index is 13.1. The number of fused-ring (bicyclic) bond motifs is 1. The Morgan fingerprint density at radius 3 is 2.36 bits per heavy atom. The summed E-state index contributed by atoms with van der Waals surface area (Å²) in [6, 6.07) is 13.8. The van der Waals surface area contributed by atoms with E-state index in [-0.39, 0.29) is 24.9 Å². The minimum absolute atomic E-state index is 0.0903. The number of likely N-dealkylation sites (N-methyl/N-ethyl adjacent to an activating group) is 1. The Labute approximate surface area is 211 Å². The Kier molecular flexibility index (Phi) is 8.40. The van der Waals surface area contributed by atoms with Gasteiger partial charge in [-0.25, -0.2) is 4.79 Å². The van der Waals surface area contributed by atoms with Gasteiger partial charge < -0.3 is 20.3 Å². The van der Waals surface area contributed by atoms with Crippen LogP contribution < -0.4 is 25.2 Å². The lowest BCUT2D eigenvalue weighted by Gasteiger charge is -2.35. The first-order chi connectivity index (χ1) is 17.4. The van der Waals surface area contributed by atoms with E-state index in [1.165, 1.54) is 9.80 Å². The van der Waals surface area contributed by atoms with Crippen LogP contribution in [0.25, 0.3) is 0 Å². The normalized spacial score (nSPS) is 16.4. The van der Waals surface area contributed by atoms with Gasteiger partial charge in [-0.2, -0.15) is 0 Å². The predicted octanol–water partition coefficient (Wildman–Crippen LogP) is 1.83. The molecule has 4 rings (SSSR count). The van der Waals surface area contributed by atoms with Crippen molar-refractivity contribution in [3.63, 3.8) is 0 Å². The maximum Gasteiger partial charge on any atom is 0.326 e. The molecule has 0 unspecified atom stereocenters. The summed E-state index contributed by atoms with van der Waals surface area (Å²) in [4.78, 5) is 46.2. The molecule has 10 nitrogen and oxygen atoms in total. The molecule has 36 heavy (non-hydrogen) atoms. The highest BCUT2D eigenvalue weighted by molar-refractivity contribution is 6.15. The number of amides is 4. The quantitative estimate of drug-likeness (QED) is 0.581. The van der Waals surface area contributed by atoms with E-state index in [1.807, 2.05) is 6.92 Å². The third-order valence-electron chi connectivity index (χ3n) is 6.37. The van der Waals surface area contributed by atoms with Crippen LogP contribution in [0.4, 0.5) is 21.9 Å². The number of hydrogen-bond acceptors (Lipinski definition) is 6. The monoisotopic (exact) mass is 494 g/mol. The summed E-state index contributed by atoms with van der Waals surface area (Å²) in [6.07, 6.45) is 0. The highest BCUT2D eigenvalue weighted by Crippen LogP contribution is 2.33. The van der Waals surface area contributed by atoms with Crippen LogP contribution in [0.1, 0.15) is 6.92 Å². The number of piperazine rings is 1. The molecule has 2 heterocycles. The smallest absolute Gasteiger partial charge is 0.326 e. The Bertz CT molecular complexity index is 1070. The molecule has 0 radical (unpaired) electrons. The third kappa shape index (κ3) is 6.32. The molecule has 10 heteroatoms. The number of carbonyl (C=O) groups is 3. The van der Waals surface area contributed by atoms with Crippen molar-refractivity contribution in [1.82, 2.24) is 15.1 Å². The molecule has 2 aromatic carbocycles. The van der Waals surface area contributed by atoms with Gasteiger partial charge in [0.25, 0.3) is 0 Å². The van der Waals surface area contributed by atoms with E-state index >= 15 is 0 Å². The lowest BCUT2D eigenvalue weighted by Crippen LogP contribution is -2.52. The summed E-state index contributed by atoms with van der Waals surface area (Å²) in [7, 11) is 2.11. The van der Waals surface area contributed by atoms with Crippen molar-refractivity contribution in [1.29, 1.82) is 0 Å². The minimum atomic E-state index is -0.420. The molecule has 2 aromatic rings. The molecule has 2 N–H and O–H groups in total. The molecule has 0 aromatic heterocycles. The van der Waals surface area contributed by atoms with E-state index in [0.717, 1.165) is 32.7 Å². The molecule has 2 aliphatic heterocycles. The number of para-hydroxylation sites is 2. The zero-order valence-electron chi connectivity index (χ0n) is 20.9. The van der Waals surface area contributed by atoms with Crippen LogP contribution in [0, 0.1) is 0 Å². The maximum absolute atomic E-state index is 13.1. The number of ether oxygens (including phenoxy) is 1. The zero-order chi connectivity index (χ0) is 25.5. The van der Waals surface area contributed by atoms with Crippen LogP contribution in [-0.4, -0.2) is 93.7 Å². The van der Waals surface area contributed by atoms with Gasteiger partial charge in [-0.05, 0) is 50.4 Å². The molecule has 0 saturated carbocycles. The summed E-state index contributed by atoms with van der Waals surface area (Å²) in [5.41, 5.74) is 1.70. The Morgan fingerprint density at radius 1 is 0.972 bits per heavy atom. The van der Waals surface area contributed by atoms with Gasteiger partial charge in [-0.15, -0.1) is 0 Å². The predicted molar refractivity (Wildman–Crippen MR) is 140 cm³/mol. The van der Waals surface area contributed by atoms with Crippen molar-refractivity contribution in [2.75, 3.05) is 81.1 Å². The van der Waals surface area contributed by atoms with Gasteiger partial charge in [0.05, 0.1) is 18.0 Å². The summed E-state index contributed by atoms with van der Waals surface area (Å²) in [5, 5.41) is 5.76. The lowest BCUT2D eigenvalue weighted by molar-refractivity contribution is -0.123. The van der Waals surface area contributed by atoms with Gasteiger partial charge in [0.15, 0.2) is 0 Å². The van der Waals surface area contributed by atoms with E-state index in [4.69, 9.17) is 4.74 Å². The molecule has 2 aliphatic rings. The first kappa shape index (κ1) is 25.5. The van der Waals surface area contributed by atoms with Crippen molar-refractivity contribution >= 4 is 34.9 Å². The van der Waals surface area contributed by atoms with Crippen LogP contribution in [0.2, 0.25) is 0 Å². The third-order valence-corrected chi connectivity index (χ3v) is 6.37. The number of carbonyl (C=O) groups excluding carboxylic acids is 3. The molecule has 0 bridgehead atoms. The second kappa shape index (κ2) is 11.9. The molecule has 1 saturated heterocycles. The average Bonchev–Trinajstić information content (AvgIpc) is 2.88. The van der Waals surface area contributed by atoms with E-state index in [0.29, 0.717) is 36.0 Å². The molecule has 0 spiro atoms. The van der Waals surface area contributed by atoms with Crippen LogP contribution in [0.5, 0.6) is 5.75 Å². The van der Waals surface area contributed by atoms with Gasteiger partial charge in [-0.1, -0.05) is 12.1 Å². The highest BCUT2D eigenvalue weighted by Gasteiger charge is 2.33. The second-order valence-electron chi connectivity index (χ2n) is 8.94. The number of rotatable bonds is 8. The topological polar surface area (TPSA) is 97.5 Å². The van der Waals surface area contributed by atoms with Crippen molar-refractivity contribution in [2.24, 2.45) is 0 Å². The van der Waals surface area contributed by atoms with E-state index in [1.54, 1.807) is 48.5 Å². The molecular formula is C26H34N6O4. The minimum Gasteiger partial charge on any atom is -0.494 e. The first-order valence-corrected chi connectivity index (χ1v) is 12.3. The standard InChI is InChI=1S/C26H34N6O4/c1-3-36-21-10-8-20(9-11-21)28-26(35)32-19-25(34)31(22-6-4-5-7-23(22)32)18-24(33)27-12-13-30-16-14-29(2)15-17-30/h4-11H,3,12-19H2,1-2H3,(H,27,33)(H,28,35). The fourth-order valence-corrected chi connectivity index (χ4v) is 4.33.